The summed E-state index contributed by atoms with van der Waals surface area (Å²) in [7, 11) is 0. The van der Waals surface area contributed by atoms with Gasteiger partial charge in [0.05, 0.1) is 27.5 Å². The van der Waals surface area contributed by atoms with Gasteiger partial charge in [-0.3, -0.25) is 9.59 Å². The van der Waals surface area contributed by atoms with E-state index in [-0.39, 0.29) is 34.1 Å². The zero-order chi connectivity index (χ0) is 22.8. The molecule has 0 aliphatic rings. The summed E-state index contributed by atoms with van der Waals surface area (Å²) in [5.41, 5.74) is 0.130. The molecule has 0 fully saturated rings. The molecule has 4 aromatic rings. The molecule has 10 heteroatoms. The normalized spacial score (nSPS) is 10.8. The van der Waals surface area contributed by atoms with E-state index in [0.29, 0.717) is 11.4 Å². The van der Waals surface area contributed by atoms with Crippen molar-refractivity contribution < 1.29 is 23.2 Å². The topological polar surface area (TPSA) is 103 Å². The monoisotopic (exact) mass is 455 g/mol. The maximum absolute atomic E-state index is 13.8. The fraction of sp³-hybridized carbons (Fsp3) is 0.0909. The van der Waals surface area contributed by atoms with Crippen LogP contribution in [0, 0.1) is 12.7 Å². The molecule has 2 heterocycles. The highest BCUT2D eigenvalue weighted by atomic mass is 35.5. The summed E-state index contributed by atoms with van der Waals surface area (Å²) in [6.45, 7) is 1.42. The van der Waals surface area contributed by atoms with Crippen LogP contribution in [0.25, 0.3) is 5.65 Å². The number of benzene rings is 2. The van der Waals surface area contributed by atoms with E-state index in [1.54, 1.807) is 13.0 Å². The van der Waals surface area contributed by atoms with Gasteiger partial charge in [-0.25, -0.2) is 14.2 Å². The van der Waals surface area contributed by atoms with Crippen molar-refractivity contribution in [1.82, 2.24) is 9.56 Å². The van der Waals surface area contributed by atoms with Crippen LogP contribution in [-0.4, -0.2) is 21.4 Å². The minimum absolute atomic E-state index is 0.0928. The molecule has 0 atom stereocenters. The molecular formula is C22H15ClFN3O5. The van der Waals surface area contributed by atoms with Crippen molar-refractivity contribution in [3.05, 3.63) is 98.4 Å². The molecule has 1 amide bonds. The molecule has 162 valence electrons. The third-order valence-electron chi connectivity index (χ3n) is 4.44. The van der Waals surface area contributed by atoms with Crippen molar-refractivity contribution in [2.45, 2.75) is 13.5 Å². The highest BCUT2D eigenvalue weighted by Crippen LogP contribution is 2.24. The first-order valence-electron chi connectivity index (χ1n) is 9.34. The molecule has 0 aliphatic carbocycles. The Hall–Kier alpha value is -3.98. The molecule has 0 unspecified atom stereocenters. The van der Waals surface area contributed by atoms with Crippen LogP contribution in [0.15, 0.2) is 63.9 Å². The fourth-order valence-electron chi connectivity index (χ4n) is 2.95. The van der Waals surface area contributed by atoms with Gasteiger partial charge < -0.3 is 14.6 Å². The Balaban J connectivity index is 1.49. The van der Waals surface area contributed by atoms with Crippen LogP contribution < -0.4 is 10.9 Å². The zero-order valence-corrected chi connectivity index (χ0v) is 17.4. The molecule has 0 spiro atoms. The average Bonchev–Trinajstić information content (AvgIpc) is 3.14. The lowest BCUT2D eigenvalue weighted by Crippen LogP contribution is -2.16. The number of esters is 1. The number of ether oxygens (including phenoxy) is 1. The minimum atomic E-state index is -0.728. The molecule has 0 bridgehead atoms. The summed E-state index contributed by atoms with van der Waals surface area (Å²) >= 11 is 6.10. The quantitative estimate of drug-likeness (QED) is 0.456. The van der Waals surface area contributed by atoms with Crippen LogP contribution in [-0.2, 0) is 11.3 Å². The predicted molar refractivity (Wildman–Crippen MR) is 113 cm³/mol. The van der Waals surface area contributed by atoms with Crippen molar-refractivity contribution in [2.24, 2.45) is 0 Å². The van der Waals surface area contributed by atoms with Gasteiger partial charge >= 0.3 is 5.97 Å². The number of aryl methyl sites for hydroxylation is 1. The lowest BCUT2D eigenvalue weighted by Gasteiger charge is -2.10. The first kappa shape index (κ1) is 21.3. The number of amides is 1. The van der Waals surface area contributed by atoms with E-state index in [9.17, 15) is 18.8 Å². The van der Waals surface area contributed by atoms with Crippen LogP contribution >= 0.6 is 11.6 Å². The number of carbonyl (C=O) groups is 2. The van der Waals surface area contributed by atoms with Crippen LogP contribution in [0.4, 0.5) is 10.1 Å². The second-order valence-corrected chi connectivity index (χ2v) is 7.20. The first-order valence-corrected chi connectivity index (χ1v) is 9.72. The number of nitrogens with zero attached hydrogens (tertiary/aromatic N) is 2. The summed E-state index contributed by atoms with van der Waals surface area (Å²) in [5.74, 6) is -1.63. The highest BCUT2D eigenvalue weighted by molar-refractivity contribution is 6.34. The number of nitrogens with one attached hydrogen (secondary N) is 1. The van der Waals surface area contributed by atoms with Gasteiger partial charge in [0.1, 0.15) is 18.2 Å². The van der Waals surface area contributed by atoms with Crippen LogP contribution in [0.3, 0.4) is 0 Å². The third-order valence-corrected chi connectivity index (χ3v) is 4.77. The number of aromatic nitrogens is 2. The molecule has 2 aromatic heterocycles. The molecule has 0 saturated carbocycles. The van der Waals surface area contributed by atoms with Gasteiger partial charge in [0.15, 0.2) is 5.65 Å². The summed E-state index contributed by atoms with van der Waals surface area (Å²) < 4.78 is 25.3. The number of hydrogen-bond acceptors (Lipinski definition) is 6. The zero-order valence-electron chi connectivity index (χ0n) is 16.6. The molecular weight excluding hydrogens is 441 g/mol. The van der Waals surface area contributed by atoms with Crippen molar-refractivity contribution in [1.29, 1.82) is 0 Å². The molecule has 0 saturated heterocycles. The molecule has 8 nitrogen and oxygen atoms in total. The van der Waals surface area contributed by atoms with Crippen molar-refractivity contribution in [3.8, 4) is 0 Å². The standard InChI is InChI=1S/C22H15ClFN3O5/c1-12-8-19-25-14(10-20(28)27(19)32-12)11-31-22(30)13-6-7-16(23)18(9-13)26-21(29)15-4-2-3-5-17(15)24/h2-10H,11H2,1H3,(H,26,29). The number of rotatable bonds is 5. The third kappa shape index (κ3) is 4.37. The molecule has 4 rings (SSSR count). The first-order chi connectivity index (χ1) is 15.3. The average molecular weight is 456 g/mol. The van der Waals surface area contributed by atoms with Gasteiger partial charge in [-0.1, -0.05) is 23.7 Å². The number of anilines is 1. The fourth-order valence-corrected chi connectivity index (χ4v) is 3.12. The lowest BCUT2D eigenvalue weighted by molar-refractivity contribution is 0.0467. The molecule has 32 heavy (non-hydrogen) atoms. The molecule has 0 radical (unpaired) electrons. The Morgan fingerprint density at radius 1 is 1.19 bits per heavy atom. The SMILES string of the molecule is Cc1cc2nc(COC(=O)c3ccc(Cl)c(NC(=O)c4ccccc4F)c3)cc(=O)n2o1. The van der Waals surface area contributed by atoms with Crippen molar-refractivity contribution in [3.63, 3.8) is 0 Å². The Morgan fingerprint density at radius 3 is 2.75 bits per heavy atom. The van der Waals surface area contributed by atoms with Gasteiger partial charge in [-0.15, -0.1) is 4.57 Å². The maximum Gasteiger partial charge on any atom is 0.338 e. The summed E-state index contributed by atoms with van der Waals surface area (Å²) in [6, 6.07) is 12.4. The van der Waals surface area contributed by atoms with Crippen LogP contribution in [0.1, 0.15) is 32.2 Å². The number of carbonyl (C=O) groups excluding carboxylic acids is 2. The number of fused-ring (bicyclic) bond motifs is 1. The van der Waals surface area contributed by atoms with E-state index in [4.69, 9.17) is 20.9 Å². The summed E-state index contributed by atoms with van der Waals surface area (Å²) in [5, 5.41) is 2.64. The smallest absolute Gasteiger partial charge is 0.338 e. The van der Waals surface area contributed by atoms with Gasteiger partial charge in [0.2, 0.25) is 0 Å². The molecule has 1 N–H and O–H groups in total. The summed E-state index contributed by atoms with van der Waals surface area (Å²) in [6.07, 6.45) is 0. The Bertz CT molecular complexity index is 1410. The highest BCUT2D eigenvalue weighted by Gasteiger charge is 2.16. The van der Waals surface area contributed by atoms with Crippen LogP contribution in [0.5, 0.6) is 0 Å². The molecule has 0 aliphatic heterocycles. The van der Waals surface area contributed by atoms with E-state index >= 15 is 0 Å². The second-order valence-electron chi connectivity index (χ2n) is 6.79. The Labute approximate surface area is 185 Å². The van der Waals surface area contributed by atoms with E-state index in [1.807, 2.05) is 0 Å². The predicted octanol–water partition coefficient (Wildman–Crippen LogP) is 4.00. The van der Waals surface area contributed by atoms with Crippen molar-refractivity contribution >= 4 is 34.8 Å². The van der Waals surface area contributed by atoms with E-state index in [1.165, 1.54) is 42.5 Å². The molecule has 2 aromatic carbocycles. The Morgan fingerprint density at radius 2 is 1.97 bits per heavy atom. The number of hydrogen-bond donors (Lipinski definition) is 1. The maximum atomic E-state index is 13.8. The Kier molecular flexibility index (Phi) is 5.74. The van der Waals surface area contributed by atoms with Crippen molar-refractivity contribution in [2.75, 3.05) is 5.32 Å². The van der Waals surface area contributed by atoms with E-state index in [0.717, 1.165) is 10.6 Å². The van der Waals surface area contributed by atoms with Gasteiger partial charge in [-0.2, -0.15) is 0 Å². The van der Waals surface area contributed by atoms with Gasteiger partial charge in [0.25, 0.3) is 11.5 Å². The van der Waals surface area contributed by atoms with Gasteiger partial charge in [-0.05, 0) is 37.3 Å². The number of halogens is 2. The van der Waals surface area contributed by atoms with E-state index in [2.05, 4.69) is 10.3 Å². The second kappa shape index (κ2) is 8.64. The lowest BCUT2D eigenvalue weighted by atomic mass is 10.1. The van der Waals surface area contributed by atoms with Gasteiger partial charge in [0, 0.05) is 12.1 Å². The van der Waals surface area contributed by atoms with Crippen LogP contribution in [0.2, 0.25) is 5.02 Å². The largest absolute Gasteiger partial charge is 0.456 e. The minimum Gasteiger partial charge on any atom is -0.456 e. The van der Waals surface area contributed by atoms with E-state index < -0.39 is 23.3 Å². The summed E-state index contributed by atoms with van der Waals surface area (Å²) in [4.78, 5) is 41.1.